The minimum absolute atomic E-state index is 0.485. The maximum Gasteiger partial charge on any atom is 0.331 e. The third-order valence-electron chi connectivity index (χ3n) is 2.75. The fraction of sp³-hybridized carbons (Fsp3) is 0.0588. The predicted octanol–water partition coefficient (Wildman–Crippen LogP) is 3.07. The van der Waals surface area contributed by atoms with Crippen LogP contribution in [-0.2, 0) is 14.3 Å². The summed E-state index contributed by atoms with van der Waals surface area (Å²) in [5.74, 6) is -0.546. The average Bonchev–Trinajstić information content (AvgIpc) is 2.52. The van der Waals surface area contributed by atoms with Crippen molar-refractivity contribution in [2.45, 2.75) is 6.10 Å². The van der Waals surface area contributed by atoms with Crippen molar-refractivity contribution in [2.75, 3.05) is 0 Å². The minimum Gasteiger partial charge on any atom is -0.449 e. The number of benzene rings is 2. The van der Waals surface area contributed by atoms with E-state index in [0.717, 1.165) is 23.3 Å². The molecule has 2 rings (SSSR count). The first-order valence-corrected chi connectivity index (χ1v) is 6.23. The summed E-state index contributed by atoms with van der Waals surface area (Å²) in [6, 6.07) is 19.0. The lowest BCUT2D eigenvalue weighted by Gasteiger charge is -2.17. The van der Waals surface area contributed by atoms with Crippen LogP contribution in [0.4, 0.5) is 0 Å². The Labute approximate surface area is 117 Å². The molecule has 20 heavy (non-hydrogen) atoms. The molecule has 0 saturated heterocycles. The van der Waals surface area contributed by atoms with Crippen LogP contribution < -0.4 is 0 Å². The van der Waals surface area contributed by atoms with Crippen LogP contribution in [0.5, 0.6) is 0 Å². The van der Waals surface area contributed by atoms with Gasteiger partial charge in [-0.2, -0.15) is 0 Å². The predicted molar refractivity (Wildman–Crippen MR) is 76.0 cm³/mol. The fourth-order valence-corrected chi connectivity index (χ4v) is 1.86. The van der Waals surface area contributed by atoms with Crippen LogP contribution in [0.25, 0.3) is 0 Å². The third-order valence-corrected chi connectivity index (χ3v) is 2.75. The Morgan fingerprint density at radius 1 is 0.900 bits per heavy atom. The molecule has 0 bridgehead atoms. The van der Waals surface area contributed by atoms with Crippen molar-refractivity contribution in [1.82, 2.24) is 0 Å². The summed E-state index contributed by atoms with van der Waals surface area (Å²) in [6.07, 6.45) is 2.30. The molecule has 0 aromatic heterocycles. The molecule has 0 amide bonds. The standard InChI is InChI=1S/C17H14O3/c18-13-7-12-16(19)20-17(14-8-3-1-4-9-14)15-10-5-2-6-11-15/h1-13,17H. The van der Waals surface area contributed by atoms with Gasteiger partial charge in [-0.05, 0) is 17.2 Å². The molecular weight excluding hydrogens is 252 g/mol. The Kier molecular flexibility index (Phi) is 4.84. The third kappa shape index (κ3) is 3.65. The van der Waals surface area contributed by atoms with Crippen LogP contribution >= 0.6 is 0 Å². The van der Waals surface area contributed by atoms with E-state index in [4.69, 9.17) is 4.74 Å². The van der Waals surface area contributed by atoms with Gasteiger partial charge >= 0.3 is 5.97 Å². The number of rotatable bonds is 5. The molecule has 0 heterocycles. The molecule has 0 unspecified atom stereocenters. The monoisotopic (exact) mass is 266 g/mol. The summed E-state index contributed by atoms with van der Waals surface area (Å²) in [6.45, 7) is 0. The van der Waals surface area contributed by atoms with Gasteiger partial charge in [-0.3, -0.25) is 4.79 Å². The Hall–Kier alpha value is -2.68. The number of carbonyl (C=O) groups is 2. The van der Waals surface area contributed by atoms with Crippen LogP contribution in [0, 0.1) is 0 Å². The maximum absolute atomic E-state index is 11.7. The molecular formula is C17H14O3. The zero-order valence-electron chi connectivity index (χ0n) is 10.8. The van der Waals surface area contributed by atoms with E-state index in [0.29, 0.717) is 6.29 Å². The summed E-state index contributed by atoms with van der Waals surface area (Å²) in [7, 11) is 0. The van der Waals surface area contributed by atoms with E-state index >= 15 is 0 Å². The highest BCUT2D eigenvalue weighted by Crippen LogP contribution is 2.25. The molecule has 2 aromatic carbocycles. The lowest BCUT2D eigenvalue weighted by atomic mass is 10.0. The van der Waals surface area contributed by atoms with E-state index in [-0.39, 0.29) is 0 Å². The number of hydrogen-bond acceptors (Lipinski definition) is 3. The van der Waals surface area contributed by atoms with E-state index in [2.05, 4.69) is 0 Å². The lowest BCUT2D eigenvalue weighted by molar-refractivity contribution is -0.141. The van der Waals surface area contributed by atoms with E-state index in [1.54, 1.807) is 0 Å². The molecule has 0 radical (unpaired) electrons. The van der Waals surface area contributed by atoms with Gasteiger partial charge in [0.1, 0.15) is 6.29 Å². The number of ether oxygens (including phenoxy) is 1. The lowest BCUT2D eigenvalue weighted by Crippen LogP contribution is -2.10. The quantitative estimate of drug-likeness (QED) is 0.474. The van der Waals surface area contributed by atoms with Crippen LogP contribution in [0.1, 0.15) is 17.2 Å². The number of hydrogen-bond donors (Lipinski definition) is 0. The smallest absolute Gasteiger partial charge is 0.331 e. The highest BCUT2D eigenvalue weighted by atomic mass is 16.5. The van der Waals surface area contributed by atoms with E-state index in [1.807, 2.05) is 60.7 Å². The van der Waals surface area contributed by atoms with Gasteiger partial charge in [0.15, 0.2) is 6.10 Å². The van der Waals surface area contributed by atoms with E-state index in [1.165, 1.54) is 0 Å². The van der Waals surface area contributed by atoms with Gasteiger partial charge in [-0.15, -0.1) is 0 Å². The number of esters is 1. The molecule has 2 aromatic rings. The molecule has 0 N–H and O–H groups in total. The highest BCUT2D eigenvalue weighted by Gasteiger charge is 2.17. The first-order valence-electron chi connectivity index (χ1n) is 6.23. The van der Waals surface area contributed by atoms with Crippen LogP contribution in [0.3, 0.4) is 0 Å². The topological polar surface area (TPSA) is 43.4 Å². The molecule has 0 aliphatic carbocycles. The van der Waals surface area contributed by atoms with Gasteiger partial charge in [-0.25, -0.2) is 4.79 Å². The van der Waals surface area contributed by atoms with Crippen molar-refractivity contribution in [3.05, 3.63) is 83.9 Å². The average molecular weight is 266 g/mol. The SMILES string of the molecule is O=CC=CC(=O)OC(c1ccccc1)c1ccccc1. The van der Waals surface area contributed by atoms with E-state index in [9.17, 15) is 9.59 Å². The summed E-state index contributed by atoms with van der Waals surface area (Å²) in [4.78, 5) is 21.9. The summed E-state index contributed by atoms with van der Waals surface area (Å²) < 4.78 is 5.44. The van der Waals surface area contributed by atoms with Gasteiger partial charge in [0.25, 0.3) is 0 Å². The molecule has 3 heteroatoms. The Bertz CT molecular complexity index is 549. The summed E-state index contributed by atoms with van der Waals surface area (Å²) in [5, 5.41) is 0. The fourth-order valence-electron chi connectivity index (χ4n) is 1.86. The molecule has 0 atom stereocenters. The summed E-state index contributed by atoms with van der Waals surface area (Å²) >= 11 is 0. The normalized spacial score (nSPS) is 10.7. The number of allylic oxidation sites excluding steroid dienone is 1. The van der Waals surface area contributed by atoms with Gasteiger partial charge in [0.2, 0.25) is 0 Å². The Morgan fingerprint density at radius 2 is 1.40 bits per heavy atom. The molecule has 100 valence electrons. The first-order chi connectivity index (χ1) is 9.81. The maximum atomic E-state index is 11.7. The molecule has 0 spiro atoms. The van der Waals surface area contributed by atoms with Gasteiger partial charge in [-0.1, -0.05) is 60.7 Å². The molecule has 3 nitrogen and oxygen atoms in total. The zero-order valence-corrected chi connectivity index (χ0v) is 10.8. The van der Waals surface area contributed by atoms with Gasteiger partial charge in [0, 0.05) is 6.08 Å². The van der Waals surface area contributed by atoms with Crippen molar-refractivity contribution in [3.63, 3.8) is 0 Å². The highest BCUT2D eigenvalue weighted by molar-refractivity contribution is 5.86. The van der Waals surface area contributed by atoms with Crippen LogP contribution in [-0.4, -0.2) is 12.3 Å². The van der Waals surface area contributed by atoms with Crippen molar-refractivity contribution in [3.8, 4) is 0 Å². The van der Waals surface area contributed by atoms with Gasteiger partial charge < -0.3 is 4.74 Å². The molecule has 0 aliphatic heterocycles. The summed E-state index contributed by atoms with van der Waals surface area (Å²) in [5.41, 5.74) is 1.76. The Balaban J connectivity index is 2.28. The van der Waals surface area contributed by atoms with E-state index < -0.39 is 12.1 Å². The first kappa shape index (κ1) is 13.7. The molecule has 0 saturated carbocycles. The number of aldehydes is 1. The van der Waals surface area contributed by atoms with Gasteiger partial charge in [0.05, 0.1) is 0 Å². The van der Waals surface area contributed by atoms with Crippen LogP contribution in [0.2, 0.25) is 0 Å². The number of carbonyl (C=O) groups excluding carboxylic acids is 2. The Morgan fingerprint density at radius 3 is 1.85 bits per heavy atom. The van der Waals surface area contributed by atoms with Crippen molar-refractivity contribution in [1.29, 1.82) is 0 Å². The second-order valence-electron chi connectivity index (χ2n) is 4.13. The molecule has 0 fully saturated rings. The van der Waals surface area contributed by atoms with Crippen molar-refractivity contribution < 1.29 is 14.3 Å². The van der Waals surface area contributed by atoms with Crippen molar-refractivity contribution >= 4 is 12.3 Å². The molecule has 0 aliphatic rings. The minimum atomic E-state index is -0.546. The second-order valence-corrected chi connectivity index (χ2v) is 4.13. The largest absolute Gasteiger partial charge is 0.449 e. The zero-order chi connectivity index (χ0) is 14.2. The van der Waals surface area contributed by atoms with Crippen LogP contribution in [0.15, 0.2) is 72.8 Å². The second kappa shape index (κ2) is 7.04. The van der Waals surface area contributed by atoms with Crippen molar-refractivity contribution in [2.24, 2.45) is 0 Å².